The summed E-state index contributed by atoms with van der Waals surface area (Å²) >= 11 is 0. The minimum Gasteiger partial charge on any atom is -0.330 e. The molecule has 1 aliphatic heterocycles. The molecule has 2 N–H and O–H groups in total. The molecule has 2 heteroatoms. The summed E-state index contributed by atoms with van der Waals surface area (Å²) in [6, 6.07) is 6.89. The molecule has 0 bridgehead atoms. The van der Waals surface area contributed by atoms with Gasteiger partial charge in [-0.2, -0.15) is 0 Å². The third-order valence-electron chi connectivity index (χ3n) is 4.72. The van der Waals surface area contributed by atoms with E-state index in [-0.39, 0.29) is 0 Å². The second-order valence-electron chi connectivity index (χ2n) is 6.74. The quantitative estimate of drug-likeness (QED) is 0.890. The summed E-state index contributed by atoms with van der Waals surface area (Å²) in [5.74, 6) is 1.51. The molecule has 2 atom stereocenters. The van der Waals surface area contributed by atoms with Crippen molar-refractivity contribution in [3.05, 3.63) is 34.9 Å². The zero-order chi connectivity index (χ0) is 14.5. The van der Waals surface area contributed by atoms with Crippen LogP contribution in [0.15, 0.2) is 18.2 Å². The van der Waals surface area contributed by atoms with Crippen LogP contribution in [0, 0.1) is 25.7 Å². The summed E-state index contributed by atoms with van der Waals surface area (Å²) in [6.07, 6.45) is 4.01. The highest BCUT2D eigenvalue weighted by Gasteiger charge is 2.21. The Bertz CT molecular complexity index is 427. The van der Waals surface area contributed by atoms with Crippen molar-refractivity contribution in [2.45, 2.75) is 46.6 Å². The van der Waals surface area contributed by atoms with Gasteiger partial charge in [-0.3, -0.25) is 4.90 Å². The van der Waals surface area contributed by atoms with Gasteiger partial charge in [0.05, 0.1) is 0 Å². The minimum atomic E-state index is 0.668. The van der Waals surface area contributed by atoms with Crippen molar-refractivity contribution in [1.82, 2.24) is 4.90 Å². The molecule has 0 aromatic heterocycles. The molecule has 1 heterocycles. The molecule has 2 rings (SSSR count). The van der Waals surface area contributed by atoms with Gasteiger partial charge < -0.3 is 5.73 Å². The minimum absolute atomic E-state index is 0.668. The Kier molecular flexibility index (Phi) is 5.62. The highest BCUT2D eigenvalue weighted by molar-refractivity contribution is 5.29. The first kappa shape index (κ1) is 15.5. The molecule has 2 nitrogen and oxygen atoms in total. The van der Waals surface area contributed by atoms with E-state index in [9.17, 15) is 0 Å². The van der Waals surface area contributed by atoms with Crippen molar-refractivity contribution in [3.8, 4) is 0 Å². The predicted molar refractivity (Wildman–Crippen MR) is 86.8 cm³/mol. The monoisotopic (exact) mass is 274 g/mol. The summed E-state index contributed by atoms with van der Waals surface area (Å²) in [7, 11) is 0. The van der Waals surface area contributed by atoms with Crippen LogP contribution in [-0.4, -0.2) is 24.5 Å². The molecular weight excluding hydrogens is 244 g/mol. The van der Waals surface area contributed by atoms with E-state index in [0.717, 1.165) is 19.0 Å². The van der Waals surface area contributed by atoms with E-state index in [1.807, 2.05) is 0 Å². The number of benzene rings is 1. The Hall–Kier alpha value is -0.860. The second kappa shape index (κ2) is 7.24. The first-order valence-corrected chi connectivity index (χ1v) is 8.07. The molecule has 2 unspecified atom stereocenters. The maximum Gasteiger partial charge on any atom is 0.0233 e. The van der Waals surface area contributed by atoms with E-state index in [1.54, 1.807) is 0 Å². The molecule has 1 aromatic rings. The van der Waals surface area contributed by atoms with E-state index in [4.69, 9.17) is 5.73 Å². The lowest BCUT2D eigenvalue weighted by atomic mass is 9.89. The first-order valence-electron chi connectivity index (χ1n) is 8.07. The van der Waals surface area contributed by atoms with Gasteiger partial charge in [-0.15, -0.1) is 0 Å². The average Bonchev–Trinajstić information content (AvgIpc) is 2.43. The fourth-order valence-corrected chi connectivity index (χ4v) is 3.31. The van der Waals surface area contributed by atoms with Gasteiger partial charge in [-0.25, -0.2) is 0 Å². The highest BCUT2D eigenvalue weighted by atomic mass is 15.1. The molecular formula is C18H30N2. The Labute approximate surface area is 124 Å². The molecule has 0 spiro atoms. The lowest BCUT2D eigenvalue weighted by Crippen LogP contribution is -2.36. The molecule has 0 aliphatic carbocycles. The van der Waals surface area contributed by atoms with Crippen LogP contribution in [-0.2, 0) is 6.54 Å². The van der Waals surface area contributed by atoms with Crippen LogP contribution < -0.4 is 5.73 Å². The van der Waals surface area contributed by atoms with Crippen LogP contribution in [0.5, 0.6) is 0 Å². The third-order valence-corrected chi connectivity index (χ3v) is 4.72. The number of piperidine rings is 1. The number of aryl methyl sites for hydroxylation is 2. The van der Waals surface area contributed by atoms with E-state index >= 15 is 0 Å². The fourth-order valence-electron chi connectivity index (χ4n) is 3.31. The molecule has 1 saturated heterocycles. The fraction of sp³-hybridized carbons (Fsp3) is 0.667. The van der Waals surface area contributed by atoms with E-state index < -0.39 is 0 Å². The molecule has 0 radical (unpaired) electrons. The Morgan fingerprint density at radius 1 is 1.30 bits per heavy atom. The van der Waals surface area contributed by atoms with Crippen LogP contribution in [0.2, 0.25) is 0 Å². The summed E-state index contributed by atoms with van der Waals surface area (Å²) in [4.78, 5) is 2.63. The van der Waals surface area contributed by atoms with Gasteiger partial charge in [0.1, 0.15) is 0 Å². The van der Waals surface area contributed by atoms with Gasteiger partial charge in [-0.05, 0) is 74.7 Å². The van der Waals surface area contributed by atoms with E-state index in [1.165, 1.54) is 49.0 Å². The predicted octanol–water partition coefficient (Wildman–Crippen LogP) is 3.50. The number of hydrogen-bond donors (Lipinski definition) is 1. The molecule has 1 aliphatic rings. The van der Waals surface area contributed by atoms with Gasteiger partial charge in [0.2, 0.25) is 0 Å². The van der Waals surface area contributed by atoms with E-state index in [0.29, 0.717) is 5.92 Å². The SMILES string of the molecule is Cc1ccc(CN2CCCC(CC(C)CN)C2)cc1C. The van der Waals surface area contributed by atoms with Gasteiger partial charge in [0.15, 0.2) is 0 Å². The van der Waals surface area contributed by atoms with Gasteiger partial charge >= 0.3 is 0 Å². The summed E-state index contributed by atoms with van der Waals surface area (Å²) in [5.41, 5.74) is 10.0. The Morgan fingerprint density at radius 3 is 2.80 bits per heavy atom. The molecule has 0 saturated carbocycles. The number of nitrogens with two attached hydrogens (primary N) is 1. The average molecular weight is 274 g/mol. The van der Waals surface area contributed by atoms with Crippen LogP contribution in [0.4, 0.5) is 0 Å². The lowest BCUT2D eigenvalue weighted by Gasteiger charge is -2.34. The topological polar surface area (TPSA) is 29.3 Å². The Balaban J connectivity index is 1.90. The highest BCUT2D eigenvalue weighted by Crippen LogP contribution is 2.24. The standard InChI is InChI=1S/C18H30N2/c1-14(11-19)9-17-5-4-8-20(12-17)13-18-7-6-15(2)16(3)10-18/h6-7,10,14,17H,4-5,8-9,11-13,19H2,1-3H3. The normalized spacial score (nSPS) is 21.9. The van der Waals surface area contributed by atoms with Crippen molar-refractivity contribution in [1.29, 1.82) is 0 Å². The van der Waals surface area contributed by atoms with Crippen molar-refractivity contribution >= 4 is 0 Å². The smallest absolute Gasteiger partial charge is 0.0233 e. The first-order chi connectivity index (χ1) is 9.58. The third kappa shape index (κ3) is 4.32. The maximum atomic E-state index is 5.76. The molecule has 0 amide bonds. The largest absolute Gasteiger partial charge is 0.330 e. The summed E-state index contributed by atoms with van der Waals surface area (Å²) in [5, 5.41) is 0. The number of likely N-dealkylation sites (tertiary alicyclic amines) is 1. The number of rotatable bonds is 5. The zero-order valence-corrected chi connectivity index (χ0v) is 13.4. The van der Waals surface area contributed by atoms with Crippen LogP contribution in [0.25, 0.3) is 0 Å². The van der Waals surface area contributed by atoms with Gasteiger partial charge in [-0.1, -0.05) is 25.1 Å². The zero-order valence-electron chi connectivity index (χ0n) is 13.4. The van der Waals surface area contributed by atoms with E-state index in [2.05, 4.69) is 43.9 Å². The van der Waals surface area contributed by atoms with Crippen molar-refractivity contribution in [2.75, 3.05) is 19.6 Å². The second-order valence-corrected chi connectivity index (χ2v) is 6.74. The summed E-state index contributed by atoms with van der Waals surface area (Å²) in [6.45, 7) is 11.1. The van der Waals surface area contributed by atoms with Crippen LogP contribution in [0.3, 0.4) is 0 Å². The van der Waals surface area contributed by atoms with Crippen molar-refractivity contribution in [2.24, 2.45) is 17.6 Å². The number of hydrogen-bond acceptors (Lipinski definition) is 2. The lowest BCUT2D eigenvalue weighted by molar-refractivity contribution is 0.152. The van der Waals surface area contributed by atoms with Crippen LogP contribution in [0.1, 0.15) is 42.9 Å². The molecule has 1 aromatic carbocycles. The number of nitrogens with zero attached hydrogens (tertiary/aromatic N) is 1. The molecule has 112 valence electrons. The molecule has 1 fully saturated rings. The summed E-state index contributed by atoms with van der Waals surface area (Å²) < 4.78 is 0. The van der Waals surface area contributed by atoms with Crippen molar-refractivity contribution in [3.63, 3.8) is 0 Å². The molecule has 20 heavy (non-hydrogen) atoms. The van der Waals surface area contributed by atoms with Crippen molar-refractivity contribution < 1.29 is 0 Å². The van der Waals surface area contributed by atoms with Crippen LogP contribution >= 0.6 is 0 Å². The Morgan fingerprint density at radius 2 is 2.10 bits per heavy atom. The van der Waals surface area contributed by atoms with Gasteiger partial charge in [0.25, 0.3) is 0 Å². The van der Waals surface area contributed by atoms with Gasteiger partial charge in [0, 0.05) is 13.1 Å². The maximum absolute atomic E-state index is 5.76.